The second-order valence-electron chi connectivity index (χ2n) is 3.80. The van der Waals surface area contributed by atoms with E-state index in [1.54, 1.807) is 12.1 Å². The molecule has 2 amide bonds. The Morgan fingerprint density at radius 3 is 2.81 bits per heavy atom. The van der Waals surface area contributed by atoms with E-state index in [0.29, 0.717) is 0 Å². The second kappa shape index (κ2) is 3.92. The molecule has 1 aliphatic rings. The Hall–Kier alpha value is -1.91. The van der Waals surface area contributed by atoms with Gasteiger partial charge in [0.2, 0.25) is 11.8 Å². The van der Waals surface area contributed by atoms with Crippen LogP contribution in [0.5, 0.6) is 0 Å². The third-order valence-electron chi connectivity index (χ3n) is 2.42. The lowest BCUT2D eigenvalue weighted by Gasteiger charge is -2.11. The molecular weight excluding hydrogens is 211 g/mol. The number of aryl methyl sites for hydroxylation is 1. The predicted molar refractivity (Wildman–Crippen MR) is 56.3 cm³/mol. The first-order valence-electron chi connectivity index (χ1n) is 4.92. The van der Waals surface area contributed by atoms with Crippen molar-refractivity contribution in [2.75, 3.05) is 5.32 Å². The summed E-state index contributed by atoms with van der Waals surface area (Å²) in [6, 6.07) is 3.89. The number of benzene rings is 1. The zero-order valence-electron chi connectivity index (χ0n) is 8.71. The SMILES string of the molecule is Cc1ccc(F)c(NC2CC(=O)NC2=O)c1. The molecule has 84 valence electrons. The molecule has 1 aromatic carbocycles. The molecule has 1 unspecified atom stereocenters. The van der Waals surface area contributed by atoms with Crippen LogP contribution in [0.15, 0.2) is 18.2 Å². The quantitative estimate of drug-likeness (QED) is 0.733. The highest BCUT2D eigenvalue weighted by atomic mass is 19.1. The average Bonchev–Trinajstić information content (AvgIpc) is 2.51. The average molecular weight is 222 g/mol. The van der Waals surface area contributed by atoms with Gasteiger partial charge in [-0.05, 0) is 24.6 Å². The van der Waals surface area contributed by atoms with E-state index >= 15 is 0 Å². The second-order valence-corrected chi connectivity index (χ2v) is 3.80. The van der Waals surface area contributed by atoms with Crippen LogP contribution in [0.25, 0.3) is 0 Å². The summed E-state index contributed by atoms with van der Waals surface area (Å²) in [7, 11) is 0. The van der Waals surface area contributed by atoms with Gasteiger partial charge in [-0.25, -0.2) is 4.39 Å². The van der Waals surface area contributed by atoms with Gasteiger partial charge in [-0.3, -0.25) is 14.9 Å². The molecule has 2 rings (SSSR count). The van der Waals surface area contributed by atoms with Gasteiger partial charge in [-0.1, -0.05) is 6.07 Å². The highest BCUT2D eigenvalue weighted by Crippen LogP contribution is 2.18. The molecule has 4 nitrogen and oxygen atoms in total. The van der Waals surface area contributed by atoms with Crippen molar-refractivity contribution < 1.29 is 14.0 Å². The van der Waals surface area contributed by atoms with E-state index < -0.39 is 17.8 Å². The van der Waals surface area contributed by atoms with Gasteiger partial charge >= 0.3 is 0 Å². The molecule has 0 aliphatic carbocycles. The fourth-order valence-electron chi connectivity index (χ4n) is 1.61. The van der Waals surface area contributed by atoms with Crippen LogP contribution in [0, 0.1) is 12.7 Å². The van der Waals surface area contributed by atoms with Crippen molar-refractivity contribution >= 4 is 17.5 Å². The number of carbonyl (C=O) groups is 2. The molecule has 1 fully saturated rings. The Bertz CT molecular complexity index is 459. The van der Waals surface area contributed by atoms with Gasteiger partial charge in [0.1, 0.15) is 11.9 Å². The van der Waals surface area contributed by atoms with Crippen LogP contribution in [-0.4, -0.2) is 17.9 Å². The number of halogens is 1. The van der Waals surface area contributed by atoms with Crippen molar-refractivity contribution in [1.29, 1.82) is 0 Å². The van der Waals surface area contributed by atoms with E-state index in [2.05, 4.69) is 10.6 Å². The van der Waals surface area contributed by atoms with Gasteiger partial charge in [-0.15, -0.1) is 0 Å². The third-order valence-corrected chi connectivity index (χ3v) is 2.42. The van der Waals surface area contributed by atoms with Crippen LogP contribution in [0.3, 0.4) is 0 Å². The summed E-state index contributed by atoms with van der Waals surface area (Å²) in [4.78, 5) is 22.2. The van der Waals surface area contributed by atoms with Gasteiger partial charge in [0.25, 0.3) is 0 Å². The minimum atomic E-state index is -0.677. The number of amides is 2. The summed E-state index contributed by atoms with van der Waals surface area (Å²) in [5, 5.41) is 4.88. The fourth-order valence-corrected chi connectivity index (χ4v) is 1.61. The molecular formula is C11H11FN2O2. The normalized spacial score (nSPS) is 19.8. The van der Waals surface area contributed by atoms with E-state index in [4.69, 9.17) is 0 Å². The summed E-state index contributed by atoms with van der Waals surface area (Å²) >= 11 is 0. The minimum Gasteiger partial charge on any atom is -0.371 e. The predicted octanol–water partition coefficient (Wildman–Crippen LogP) is 0.961. The van der Waals surface area contributed by atoms with Gasteiger partial charge in [-0.2, -0.15) is 0 Å². The smallest absolute Gasteiger partial charge is 0.249 e. The zero-order chi connectivity index (χ0) is 11.7. The Morgan fingerprint density at radius 2 is 2.19 bits per heavy atom. The maximum Gasteiger partial charge on any atom is 0.249 e. The maximum absolute atomic E-state index is 13.4. The zero-order valence-corrected chi connectivity index (χ0v) is 8.71. The molecule has 5 heteroatoms. The molecule has 0 saturated carbocycles. The summed E-state index contributed by atoms with van der Waals surface area (Å²) in [5.74, 6) is -1.18. The first kappa shape index (κ1) is 10.6. The molecule has 0 radical (unpaired) electrons. The van der Waals surface area contributed by atoms with Crippen LogP contribution < -0.4 is 10.6 Å². The van der Waals surface area contributed by atoms with Crippen LogP contribution in [0.2, 0.25) is 0 Å². The number of hydrogen-bond donors (Lipinski definition) is 2. The lowest BCUT2D eigenvalue weighted by Crippen LogP contribution is -2.30. The van der Waals surface area contributed by atoms with E-state index in [9.17, 15) is 14.0 Å². The lowest BCUT2D eigenvalue weighted by atomic mass is 10.2. The molecule has 2 N–H and O–H groups in total. The Morgan fingerprint density at radius 1 is 1.44 bits per heavy atom. The first-order valence-corrected chi connectivity index (χ1v) is 4.92. The number of carbonyl (C=O) groups excluding carboxylic acids is 2. The van der Waals surface area contributed by atoms with Crippen molar-refractivity contribution in [3.8, 4) is 0 Å². The fraction of sp³-hybridized carbons (Fsp3) is 0.273. The molecule has 1 saturated heterocycles. The minimum absolute atomic E-state index is 0.0478. The Labute approximate surface area is 91.8 Å². The van der Waals surface area contributed by atoms with Crippen LogP contribution in [0.1, 0.15) is 12.0 Å². The molecule has 1 aromatic rings. The Kier molecular flexibility index (Phi) is 2.60. The molecule has 16 heavy (non-hydrogen) atoms. The standard InChI is InChI=1S/C11H11FN2O2/c1-6-2-3-7(12)8(4-6)13-9-5-10(15)14-11(9)16/h2-4,9,13H,5H2,1H3,(H,14,15,16). The Balaban J connectivity index is 2.18. The molecule has 0 spiro atoms. The number of anilines is 1. The summed E-state index contributed by atoms with van der Waals surface area (Å²) in [5.41, 5.74) is 1.13. The monoisotopic (exact) mass is 222 g/mol. The summed E-state index contributed by atoms with van der Waals surface area (Å²) < 4.78 is 13.4. The van der Waals surface area contributed by atoms with Crippen LogP contribution >= 0.6 is 0 Å². The molecule has 0 bridgehead atoms. The summed E-state index contributed by atoms with van der Waals surface area (Å²) in [6.07, 6.45) is 0.0478. The number of nitrogens with one attached hydrogen (secondary N) is 2. The third kappa shape index (κ3) is 2.03. The van der Waals surface area contributed by atoms with Gasteiger partial charge in [0, 0.05) is 0 Å². The van der Waals surface area contributed by atoms with Crippen LogP contribution in [0.4, 0.5) is 10.1 Å². The molecule has 1 heterocycles. The highest BCUT2D eigenvalue weighted by molar-refractivity contribution is 6.06. The van der Waals surface area contributed by atoms with E-state index in [-0.39, 0.29) is 18.0 Å². The van der Waals surface area contributed by atoms with Gasteiger partial charge in [0.15, 0.2) is 0 Å². The van der Waals surface area contributed by atoms with E-state index in [1.807, 2.05) is 6.92 Å². The number of hydrogen-bond acceptors (Lipinski definition) is 3. The van der Waals surface area contributed by atoms with Crippen molar-refractivity contribution in [3.63, 3.8) is 0 Å². The first-order chi connectivity index (χ1) is 7.56. The molecule has 1 aliphatic heterocycles. The van der Waals surface area contributed by atoms with Crippen molar-refractivity contribution in [3.05, 3.63) is 29.6 Å². The van der Waals surface area contributed by atoms with Gasteiger partial charge < -0.3 is 5.32 Å². The number of imide groups is 1. The maximum atomic E-state index is 13.4. The topological polar surface area (TPSA) is 58.2 Å². The van der Waals surface area contributed by atoms with Crippen molar-refractivity contribution in [1.82, 2.24) is 5.32 Å². The van der Waals surface area contributed by atoms with E-state index in [0.717, 1.165) is 5.56 Å². The molecule has 1 atom stereocenters. The lowest BCUT2D eigenvalue weighted by molar-refractivity contribution is -0.124. The van der Waals surface area contributed by atoms with Crippen molar-refractivity contribution in [2.45, 2.75) is 19.4 Å². The number of rotatable bonds is 2. The highest BCUT2D eigenvalue weighted by Gasteiger charge is 2.30. The molecule has 0 aromatic heterocycles. The van der Waals surface area contributed by atoms with Crippen LogP contribution in [-0.2, 0) is 9.59 Å². The largest absolute Gasteiger partial charge is 0.371 e. The van der Waals surface area contributed by atoms with Gasteiger partial charge in [0.05, 0.1) is 12.1 Å². The summed E-state index contributed by atoms with van der Waals surface area (Å²) in [6.45, 7) is 1.82. The van der Waals surface area contributed by atoms with Crippen molar-refractivity contribution in [2.24, 2.45) is 0 Å². The van der Waals surface area contributed by atoms with E-state index in [1.165, 1.54) is 6.07 Å².